The maximum Gasteiger partial charge on any atom is 0.237 e. The summed E-state index contributed by atoms with van der Waals surface area (Å²) in [6, 6.07) is 7.17. The fraction of sp³-hybridized carbons (Fsp3) is 0.556. The second kappa shape index (κ2) is 4.19. The molecule has 22 heavy (non-hydrogen) atoms. The molecule has 114 valence electrons. The SMILES string of the molecule is O=C1C2C3CCC(C4CC43)C2C(=O)N1c1cccc(CO)c1. The third kappa shape index (κ3) is 1.46. The number of hydrogen-bond acceptors (Lipinski definition) is 3. The lowest BCUT2D eigenvalue weighted by molar-refractivity contribution is -0.129. The Morgan fingerprint density at radius 1 is 1.00 bits per heavy atom. The molecule has 4 heteroatoms. The van der Waals surface area contributed by atoms with Gasteiger partial charge in [0.25, 0.3) is 0 Å². The summed E-state index contributed by atoms with van der Waals surface area (Å²) >= 11 is 0. The van der Waals surface area contributed by atoms with Crippen LogP contribution < -0.4 is 4.90 Å². The number of hydrogen-bond donors (Lipinski definition) is 1. The molecule has 1 aromatic rings. The topological polar surface area (TPSA) is 57.6 Å². The van der Waals surface area contributed by atoms with E-state index in [1.165, 1.54) is 11.3 Å². The third-order valence-corrected chi connectivity index (χ3v) is 6.50. The summed E-state index contributed by atoms with van der Waals surface area (Å²) in [7, 11) is 0. The van der Waals surface area contributed by atoms with Crippen molar-refractivity contribution in [3.63, 3.8) is 0 Å². The predicted molar refractivity (Wildman–Crippen MR) is 79.6 cm³/mol. The Morgan fingerprint density at radius 2 is 1.64 bits per heavy atom. The molecule has 0 aromatic heterocycles. The molecule has 1 saturated heterocycles. The first-order valence-electron chi connectivity index (χ1n) is 8.28. The summed E-state index contributed by atoms with van der Waals surface area (Å²) in [6.07, 6.45) is 3.48. The molecule has 1 aliphatic heterocycles. The number of fused-ring (bicyclic) bond motifs is 1. The summed E-state index contributed by atoms with van der Waals surface area (Å²) in [5.41, 5.74) is 1.36. The van der Waals surface area contributed by atoms with Gasteiger partial charge < -0.3 is 5.11 Å². The minimum absolute atomic E-state index is 0.00476. The first kappa shape index (κ1) is 12.8. The summed E-state index contributed by atoms with van der Waals surface area (Å²) in [6.45, 7) is -0.0771. The lowest BCUT2D eigenvalue weighted by Crippen LogP contribution is -2.43. The number of aliphatic hydroxyl groups is 1. The van der Waals surface area contributed by atoms with Crippen LogP contribution in [0.2, 0.25) is 0 Å². The van der Waals surface area contributed by atoms with Crippen LogP contribution in [0.15, 0.2) is 24.3 Å². The standard InChI is InChI=1S/C18H19NO3/c20-8-9-2-1-3-10(6-9)19-17(21)15-11-4-5-12(14-7-13(11)14)16(15)18(19)22/h1-3,6,11-16,20H,4-5,7-8H2. The van der Waals surface area contributed by atoms with Gasteiger partial charge in [0.15, 0.2) is 0 Å². The molecule has 6 rings (SSSR count). The highest BCUT2D eigenvalue weighted by atomic mass is 16.3. The average molecular weight is 297 g/mol. The van der Waals surface area contributed by atoms with Crippen LogP contribution in [-0.4, -0.2) is 16.9 Å². The van der Waals surface area contributed by atoms with Gasteiger partial charge in [0, 0.05) is 0 Å². The average Bonchev–Trinajstić information content (AvgIpc) is 3.32. The zero-order chi connectivity index (χ0) is 15.0. The van der Waals surface area contributed by atoms with Gasteiger partial charge in [-0.15, -0.1) is 0 Å². The first-order valence-corrected chi connectivity index (χ1v) is 8.28. The van der Waals surface area contributed by atoms with E-state index < -0.39 is 0 Å². The fourth-order valence-electron chi connectivity index (χ4n) is 5.59. The molecule has 2 amide bonds. The van der Waals surface area contributed by atoms with E-state index in [-0.39, 0.29) is 30.3 Å². The number of carbonyl (C=O) groups is 2. The number of amides is 2. The number of benzene rings is 1. The largest absolute Gasteiger partial charge is 0.392 e. The van der Waals surface area contributed by atoms with Crippen molar-refractivity contribution in [3.05, 3.63) is 29.8 Å². The Bertz CT molecular complexity index is 651. The van der Waals surface area contributed by atoms with Crippen molar-refractivity contribution in [2.75, 3.05) is 4.90 Å². The summed E-state index contributed by atoms with van der Waals surface area (Å²) < 4.78 is 0. The van der Waals surface area contributed by atoms with E-state index in [9.17, 15) is 14.7 Å². The van der Waals surface area contributed by atoms with Gasteiger partial charge in [-0.1, -0.05) is 12.1 Å². The maximum atomic E-state index is 12.9. The molecule has 1 N–H and O–H groups in total. The molecular formula is C18H19NO3. The van der Waals surface area contributed by atoms with Crippen LogP contribution >= 0.6 is 0 Å². The highest BCUT2D eigenvalue weighted by molar-refractivity contribution is 6.22. The molecule has 2 bridgehead atoms. The minimum Gasteiger partial charge on any atom is -0.392 e. The Kier molecular flexibility index (Phi) is 2.44. The Hall–Kier alpha value is -1.68. The molecule has 5 aliphatic rings. The van der Waals surface area contributed by atoms with Crippen LogP contribution in [0.4, 0.5) is 5.69 Å². The normalized spacial score (nSPS) is 41.6. The van der Waals surface area contributed by atoms with Crippen molar-refractivity contribution >= 4 is 17.5 Å². The highest BCUT2D eigenvalue weighted by Gasteiger charge is 2.68. The zero-order valence-corrected chi connectivity index (χ0v) is 12.3. The smallest absolute Gasteiger partial charge is 0.237 e. The monoisotopic (exact) mass is 297 g/mol. The Labute approximate surface area is 129 Å². The highest BCUT2D eigenvalue weighted by Crippen LogP contribution is 2.68. The molecular weight excluding hydrogens is 278 g/mol. The lowest BCUT2D eigenvalue weighted by atomic mass is 9.59. The Morgan fingerprint density at radius 3 is 2.23 bits per heavy atom. The van der Waals surface area contributed by atoms with Crippen LogP contribution in [0.25, 0.3) is 0 Å². The van der Waals surface area contributed by atoms with E-state index in [0.29, 0.717) is 29.4 Å². The van der Waals surface area contributed by atoms with Crippen LogP contribution in [0.3, 0.4) is 0 Å². The van der Waals surface area contributed by atoms with E-state index >= 15 is 0 Å². The number of imide groups is 1. The summed E-state index contributed by atoms with van der Waals surface area (Å²) in [4.78, 5) is 27.3. The van der Waals surface area contributed by atoms with Crippen LogP contribution in [0.5, 0.6) is 0 Å². The van der Waals surface area contributed by atoms with Gasteiger partial charge in [-0.3, -0.25) is 14.5 Å². The van der Waals surface area contributed by atoms with E-state index in [4.69, 9.17) is 0 Å². The molecule has 4 saturated carbocycles. The molecule has 5 fully saturated rings. The van der Waals surface area contributed by atoms with Gasteiger partial charge in [-0.05, 0) is 60.6 Å². The quantitative estimate of drug-likeness (QED) is 0.849. The molecule has 4 aliphatic carbocycles. The second-order valence-electron chi connectivity index (χ2n) is 7.36. The van der Waals surface area contributed by atoms with Gasteiger partial charge >= 0.3 is 0 Å². The van der Waals surface area contributed by atoms with Crippen LogP contribution in [0.1, 0.15) is 24.8 Å². The molecule has 6 atom stereocenters. The third-order valence-electron chi connectivity index (χ3n) is 6.50. The van der Waals surface area contributed by atoms with Crippen LogP contribution in [0, 0.1) is 35.5 Å². The van der Waals surface area contributed by atoms with E-state index in [0.717, 1.165) is 18.4 Å². The Balaban J connectivity index is 1.56. The van der Waals surface area contributed by atoms with Crippen molar-refractivity contribution in [2.24, 2.45) is 35.5 Å². The zero-order valence-electron chi connectivity index (χ0n) is 12.3. The van der Waals surface area contributed by atoms with Gasteiger partial charge in [0.2, 0.25) is 11.8 Å². The number of carbonyl (C=O) groups excluding carboxylic acids is 2. The minimum atomic E-state index is -0.0771. The first-order chi connectivity index (χ1) is 10.7. The van der Waals surface area contributed by atoms with Gasteiger partial charge in [-0.25, -0.2) is 0 Å². The number of rotatable bonds is 2. The van der Waals surface area contributed by atoms with Crippen molar-refractivity contribution in [1.29, 1.82) is 0 Å². The molecule has 0 radical (unpaired) electrons. The number of nitrogens with zero attached hydrogens (tertiary/aromatic N) is 1. The van der Waals surface area contributed by atoms with Gasteiger partial charge in [-0.2, -0.15) is 0 Å². The molecule has 0 spiro atoms. The van der Waals surface area contributed by atoms with E-state index in [1.807, 2.05) is 0 Å². The number of anilines is 1. The fourth-order valence-corrected chi connectivity index (χ4v) is 5.59. The van der Waals surface area contributed by atoms with Gasteiger partial charge in [0.1, 0.15) is 0 Å². The second-order valence-corrected chi connectivity index (χ2v) is 7.36. The number of aliphatic hydroxyl groups excluding tert-OH is 1. The van der Waals surface area contributed by atoms with Crippen molar-refractivity contribution < 1.29 is 14.7 Å². The van der Waals surface area contributed by atoms with Crippen LogP contribution in [-0.2, 0) is 16.2 Å². The van der Waals surface area contributed by atoms with E-state index in [1.54, 1.807) is 24.3 Å². The van der Waals surface area contributed by atoms with Crippen molar-refractivity contribution in [1.82, 2.24) is 0 Å². The predicted octanol–water partition coefficient (Wildman–Crippen LogP) is 1.96. The summed E-state index contributed by atoms with van der Waals surface area (Å²) in [5.74, 6) is 2.14. The molecule has 6 unspecified atom stereocenters. The molecule has 4 nitrogen and oxygen atoms in total. The lowest BCUT2D eigenvalue weighted by Gasteiger charge is -2.42. The van der Waals surface area contributed by atoms with Gasteiger partial charge in [0.05, 0.1) is 24.1 Å². The summed E-state index contributed by atoms with van der Waals surface area (Å²) in [5, 5.41) is 9.29. The maximum absolute atomic E-state index is 12.9. The van der Waals surface area contributed by atoms with E-state index in [2.05, 4.69) is 0 Å². The molecule has 1 aromatic carbocycles. The van der Waals surface area contributed by atoms with Crippen molar-refractivity contribution in [2.45, 2.75) is 25.9 Å². The molecule has 1 heterocycles. The van der Waals surface area contributed by atoms with Crippen molar-refractivity contribution in [3.8, 4) is 0 Å².